The highest BCUT2D eigenvalue weighted by molar-refractivity contribution is 5.64. The number of allylic oxidation sites excluding steroid dienone is 3. The highest BCUT2D eigenvalue weighted by atomic mass is 16.3. The Balaban J connectivity index is 1.99. The fraction of sp³-hybridized carbons (Fsp3) is 0.440. The van der Waals surface area contributed by atoms with Crippen molar-refractivity contribution in [1.29, 1.82) is 0 Å². The van der Waals surface area contributed by atoms with Crippen LogP contribution in [-0.4, -0.2) is 0 Å². The molecule has 0 N–H and O–H groups in total. The Hall–Kier alpha value is -2.02. The average molecular weight is 349 g/mol. The lowest BCUT2D eigenvalue weighted by Gasteiger charge is -2.31. The molecule has 0 fully saturated rings. The van der Waals surface area contributed by atoms with Crippen LogP contribution in [0, 0.1) is 5.92 Å². The Morgan fingerprint density at radius 3 is 2.77 bits per heavy atom. The van der Waals surface area contributed by atoms with E-state index < -0.39 is 0 Å². The van der Waals surface area contributed by atoms with Crippen molar-refractivity contribution in [2.45, 2.75) is 65.2 Å². The molecule has 0 amide bonds. The summed E-state index contributed by atoms with van der Waals surface area (Å²) in [6.07, 6.45) is 11.5. The van der Waals surface area contributed by atoms with Gasteiger partial charge in [-0.3, -0.25) is 0 Å². The van der Waals surface area contributed by atoms with Gasteiger partial charge in [-0.05, 0) is 74.8 Å². The number of benzene rings is 1. The number of hydrogen-bond donors (Lipinski definition) is 0. The summed E-state index contributed by atoms with van der Waals surface area (Å²) in [5.41, 5.74) is 6.85. The Bertz CT molecular complexity index is 763. The van der Waals surface area contributed by atoms with Crippen molar-refractivity contribution in [3.05, 3.63) is 71.5 Å². The zero-order chi connectivity index (χ0) is 18.5. The molecule has 1 aliphatic rings. The first-order valence-electron chi connectivity index (χ1n) is 10.1. The van der Waals surface area contributed by atoms with E-state index in [-0.39, 0.29) is 0 Å². The molecule has 1 aromatic carbocycles. The third-order valence-electron chi connectivity index (χ3n) is 5.74. The van der Waals surface area contributed by atoms with Crippen LogP contribution in [0.25, 0.3) is 11.3 Å². The highest BCUT2D eigenvalue weighted by Crippen LogP contribution is 2.41. The lowest BCUT2D eigenvalue weighted by molar-refractivity contribution is 0.483. The van der Waals surface area contributed by atoms with Gasteiger partial charge in [-0.15, -0.1) is 0 Å². The summed E-state index contributed by atoms with van der Waals surface area (Å²) in [5.74, 6) is 1.95. The van der Waals surface area contributed by atoms with Crippen LogP contribution in [0.3, 0.4) is 0 Å². The van der Waals surface area contributed by atoms with E-state index in [1.165, 1.54) is 59.9 Å². The van der Waals surface area contributed by atoms with Crippen molar-refractivity contribution in [2.24, 2.45) is 5.92 Å². The van der Waals surface area contributed by atoms with Gasteiger partial charge < -0.3 is 4.42 Å². The van der Waals surface area contributed by atoms with Crippen LogP contribution in [0.1, 0.15) is 69.9 Å². The lowest BCUT2D eigenvalue weighted by atomic mass is 9.74. The fourth-order valence-electron chi connectivity index (χ4n) is 4.20. The van der Waals surface area contributed by atoms with Crippen LogP contribution >= 0.6 is 0 Å². The predicted molar refractivity (Wildman–Crippen MR) is 111 cm³/mol. The summed E-state index contributed by atoms with van der Waals surface area (Å²) >= 11 is 0. The summed E-state index contributed by atoms with van der Waals surface area (Å²) in [6, 6.07) is 11.1. The van der Waals surface area contributed by atoms with Crippen LogP contribution in [0.15, 0.2) is 64.8 Å². The zero-order valence-electron chi connectivity index (χ0n) is 16.6. The molecule has 0 radical (unpaired) electrons. The first kappa shape index (κ1) is 18.8. The summed E-state index contributed by atoms with van der Waals surface area (Å²) in [6.45, 7) is 11.0. The minimum Gasteiger partial charge on any atom is -0.464 e. The smallest absolute Gasteiger partial charge is 0.134 e. The number of unbranched alkanes of at least 4 members (excludes halogenated alkanes) is 2. The maximum atomic E-state index is 5.77. The molecule has 1 nitrogen and oxygen atoms in total. The number of aryl methyl sites for hydroxylation is 1. The average Bonchev–Trinajstić information content (AvgIpc) is 3.16. The molecule has 1 heteroatoms. The molecule has 138 valence electrons. The molecule has 1 heterocycles. The SMILES string of the molecule is C=C(C)C1CCC(C)=CC1c1ccc(CCCCC)c(-c2ccco2)c1. The highest BCUT2D eigenvalue weighted by Gasteiger charge is 2.26. The Kier molecular flexibility index (Phi) is 6.19. The van der Waals surface area contributed by atoms with Crippen molar-refractivity contribution >= 4 is 0 Å². The van der Waals surface area contributed by atoms with Crippen molar-refractivity contribution in [1.82, 2.24) is 0 Å². The van der Waals surface area contributed by atoms with Crippen molar-refractivity contribution < 1.29 is 4.42 Å². The molecular formula is C25H32O. The van der Waals surface area contributed by atoms with E-state index >= 15 is 0 Å². The Morgan fingerprint density at radius 1 is 1.23 bits per heavy atom. The van der Waals surface area contributed by atoms with Crippen LogP contribution in [0.5, 0.6) is 0 Å². The summed E-state index contributed by atoms with van der Waals surface area (Å²) in [4.78, 5) is 0. The zero-order valence-corrected chi connectivity index (χ0v) is 16.6. The second kappa shape index (κ2) is 8.58. The van der Waals surface area contributed by atoms with Gasteiger partial charge in [-0.2, -0.15) is 0 Å². The normalized spacial score (nSPS) is 20.0. The molecule has 1 aromatic heterocycles. The molecule has 26 heavy (non-hydrogen) atoms. The van der Waals surface area contributed by atoms with Crippen molar-refractivity contribution in [3.63, 3.8) is 0 Å². The molecule has 2 aromatic rings. The summed E-state index contributed by atoms with van der Waals surface area (Å²) < 4.78 is 5.77. The molecule has 0 aliphatic heterocycles. The van der Waals surface area contributed by atoms with Crippen LogP contribution in [0.4, 0.5) is 0 Å². The minimum absolute atomic E-state index is 0.430. The standard InChI is InChI=1S/C25H32O/c1-5-6-7-9-20-12-13-21(17-24(20)25-10-8-15-26-25)23-16-19(4)11-14-22(23)18(2)3/h8,10,12-13,15-17,22-23H,2,5-7,9,11,14H2,1,3-4H3. The van der Waals surface area contributed by atoms with E-state index in [1.54, 1.807) is 6.26 Å². The number of hydrogen-bond acceptors (Lipinski definition) is 1. The third kappa shape index (κ3) is 4.20. The quantitative estimate of drug-likeness (QED) is 0.369. The molecule has 3 rings (SSSR count). The van der Waals surface area contributed by atoms with E-state index in [0.717, 1.165) is 12.2 Å². The van der Waals surface area contributed by atoms with Gasteiger partial charge >= 0.3 is 0 Å². The van der Waals surface area contributed by atoms with Crippen molar-refractivity contribution in [2.75, 3.05) is 0 Å². The monoisotopic (exact) mass is 348 g/mol. The van der Waals surface area contributed by atoms with E-state index in [9.17, 15) is 0 Å². The lowest BCUT2D eigenvalue weighted by Crippen LogP contribution is -2.17. The van der Waals surface area contributed by atoms with Gasteiger partial charge in [0.1, 0.15) is 5.76 Å². The van der Waals surface area contributed by atoms with Crippen LogP contribution in [0.2, 0.25) is 0 Å². The first-order valence-corrected chi connectivity index (χ1v) is 10.1. The van der Waals surface area contributed by atoms with Gasteiger partial charge in [-0.25, -0.2) is 0 Å². The summed E-state index contributed by atoms with van der Waals surface area (Å²) in [7, 11) is 0. The van der Waals surface area contributed by atoms with E-state index in [0.29, 0.717) is 11.8 Å². The largest absolute Gasteiger partial charge is 0.464 e. The maximum absolute atomic E-state index is 5.77. The summed E-state index contributed by atoms with van der Waals surface area (Å²) in [5, 5.41) is 0. The van der Waals surface area contributed by atoms with Crippen molar-refractivity contribution in [3.8, 4) is 11.3 Å². The second-order valence-electron chi connectivity index (χ2n) is 7.88. The Labute approximate surface area is 158 Å². The molecule has 0 spiro atoms. The minimum atomic E-state index is 0.430. The van der Waals surface area contributed by atoms with E-state index in [4.69, 9.17) is 4.42 Å². The number of rotatable bonds is 7. The molecule has 0 saturated heterocycles. The molecular weight excluding hydrogens is 316 g/mol. The maximum Gasteiger partial charge on any atom is 0.134 e. The Morgan fingerprint density at radius 2 is 2.08 bits per heavy atom. The van der Waals surface area contributed by atoms with Gasteiger partial charge in [0.05, 0.1) is 6.26 Å². The topological polar surface area (TPSA) is 13.1 Å². The number of furan rings is 1. The predicted octanol–water partition coefficient (Wildman–Crippen LogP) is 7.70. The van der Waals surface area contributed by atoms with Crippen LogP contribution in [-0.2, 0) is 6.42 Å². The van der Waals surface area contributed by atoms with Gasteiger partial charge in [0, 0.05) is 11.5 Å². The van der Waals surface area contributed by atoms with Gasteiger partial charge in [0.25, 0.3) is 0 Å². The second-order valence-corrected chi connectivity index (χ2v) is 7.88. The molecule has 0 bridgehead atoms. The fourth-order valence-corrected chi connectivity index (χ4v) is 4.20. The van der Waals surface area contributed by atoms with Gasteiger partial charge in [0.15, 0.2) is 0 Å². The van der Waals surface area contributed by atoms with E-state index in [2.05, 4.69) is 57.7 Å². The molecule has 1 aliphatic carbocycles. The first-order chi connectivity index (χ1) is 12.6. The molecule has 0 saturated carbocycles. The van der Waals surface area contributed by atoms with E-state index in [1.807, 2.05) is 6.07 Å². The molecule has 2 unspecified atom stereocenters. The van der Waals surface area contributed by atoms with Gasteiger partial charge in [-0.1, -0.05) is 55.7 Å². The van der Waals surface area contributed by atoms with Gasteiger partial charge in [0.2, 0.25) is 0 Å². The molecule has 2 atom stereocenters. The third-order valence-corrected chi connectivity index (χ3v) is 5.74. The van der Waals surface area contributed by atoms with Crippen LogP contribution < -0.4 is 0 Å².